The highest BCUT2D eigenvalue weighted by Crippen LogP contribution is 2.17. The summed E-state index contributed by atoms with van der Waals surface area (Å²) in [5, 5.41) is 4.23. The molecular formula is C12H11F3N2. The molecule has 5 heteroatoms. The lowest BCUT2D eigenvalue weighted by molar-refractivity contribution is -0.125. The number of pyridine rings is 1. The Balaban J connectivity index is 2.13. The number of hydrogen-bond donors (Lipinski definition) is 1. The molecule has 0 spiro atoms. The smallest absolute Gasteiger partial charge is 0.305 e. The standard InChI is InChI=1S/C12H11F3N2/c13-12(14,15)8-17-7-10-6-16-5-9-3-1-2-4-11(9)10/h1-6,17H,7-8H2. The van der Waals surface area contributed by atoms with Gasteiger partial charge in [0.05, 0.1) is 6.54 Å². The van der Waals surface area contributed by atoms with Crippen LogP contribution in [0.1, 0.15) is 5.56 Å². The van der Waals surface area contributed by atoms with Crippen molar-refractivity contribution in [2.45, 2.75) is 12.7 Å². The number of nitrogens with zero attached hydrogens (tertiary/aromatic N) is 1. The fraction of sp³-hybridized carbons (Fsp3) is 0.250. The minimum absolute atomic E-state index is 0.161. The van der Waals surface area contributed by atoms with Gasteiger partial charge in [0.25, 0.3) is 0 Å². The van der Waals surface area contributed by atoms with Gasteiger partial charge >= 0.3 is 6.18 Å². The predicted octanol–water partition coefficient (Wildman–Crippen LogP) is 2.89. The molecule has 1 heterocycles. The van der Waals surface area contributed by atoms with Crippen LogP contribution in [0, 0.1) is 0 Å². The quantitative estimate of drug-likeness (QED) is 0.892. The Hall–Kier alpha value is -1.62. The number of hydrogen-bond acceptors (Lipinski definition) is 2. The van der Waals surface area contributed by atoms with E-state index in [1.54, 1.807) is 12.4 Å². The minimum Gasteiger partial charge on any atom is -0.305 e. The zero-order valence-electron chi connectivity index (χ0n) is 8.96. The van der Waals surface area contributed by atoms with Crippen LogP contribution in [-0.4, -0.2) is 17.7 Å². The highest BCUT2D eigenvalue weighted by Gasteiger charge is 2.26. The highest BCUT2D eigenvalue weighted by atomic mass is 19.4. The number of rotatable bonds is 3. The summed E-state index contributed by atoms with van der Waals surface area (Å²) in [6.45, 7) is -0.829. The average molecular weight is 240 g/mol. The normalized spacial score (nSPS) is 11.9. The van der Waals surface area contributed by atoms with Crippen LogP contribution in [0.25, 0.3) is 10.8 Å². The van der Waals surface area contributed by atoms with Gasteiger partial charge in [-0.25, -0.2) is 0 Å². The van der Waals surface area contributed by atoms with Crippen LogP contribution in [0.2, 0.25) is 0 Å². The summed E-state index contributed by atoms with van der Waals surface area (Å²) < 4.78 is 36.0. The van der Waals surface area contributed by atoms with Gasteiger partial charge in [-0.05, 0) is 10.9 Å². The Morgan fingerprint density at radius 3 is 2.65 bits per heavy atom. The second kappa shape index (κ2) is 4.71. The van der Waals surface area contributed by atoms with Gasteiger partial charge in [-0.2, -0.15) is 13.2 Å². The van der Waals surface area contributed by atoms with Crippen molar-refractivity contribution in [3.05, 3.63) is 42.2 Å². The van der Waals surface area contributed by atoms with E-state index in [1.165, 1.54) is 0 Å². The maximum absolute atomic E-state index is 12.0. The van der Waals surface area contributed by atoms with Crippen LogP contribution in [0.5, 0.6) is 0 Å². The molecule has 0 aliphatic carbocycles. The van der Waals surface area contributed by atoms with Crippen LogP contribution in [0.3, 0.4) is 0 Å². The molecule has 0 saturated carbocycles. The van der Waals surface area contributed by atoms with E-state index in [1.807, 2.05) is 24.3 Å². The molecule has 0 fully saturated rings. The van der Waals surface area contributed by atoms with Crippen molar-refractivity contribution in [1.82, 2.24) is 10.3 Å². The van der Waals surface area contributed by atoms with Gasteiger partial charge in [-0.15, -0.1) is 0 Å². The van der Waals surface area contributed by atoms with Gasteiger partial charge in [0.15, 0.2) is 0 Å². The molecule has 2 nitrogen and oxygen atoms in total. The van der Waals surface area contributed by atoms with E-state index in [9.17, 15) is 13.2 Å². The maximum Gasteiger partial charge on any atom is 0.401 e. The fourth-order valence-corrected chi connectivity index (χ4v) is 1.66. The first-order valence-electron chi connectivity index (χ1n) is 5.15. The molecule has 90 valence electrons. The lowest BCUT2D eigenvalue weighted by atomic mass is 10.1. The van der Waals surface area contributed by atoms with Crippen molar-refractivity contribution in [1.29, 1.82) is 0 Å². The van der Waals surface area contributed by atoms with Crippen molar-refractivity contribution in [3.8, 4) is 0 Å². The monoisotopic (exact) mass is 240 g/mol. The molecule has 0 saturated heterocycles. The molecule has 0 aliphatic rings. The molecule has 1 N–H and O–H groups in total. The second-order valence-corrected chi connectivity index (χ2v) is 3.74. The average Bonchev–Trinajstić information content (AvgIpc) is 2.28. The maximum atomic E-state index is 12.0. The Labute approximate surface area is 96.5 Å². The Bertz CT molecular complexity index is 503. The third-order valence-corrected chi connectivity index (χ3v) is 2.39. The van der Waals surface area contributed by atoms with Crippen LogP contribution in [-0.2, 0) is 6.54 Å². The number of aromatic nitrogens is 1. The van der Waals surface area contributed by atoms with Crippen LogP contribution >= 0.6 is 0 Å². The lowest BCUT2D eigenvalue weighted by Crippen LogP contribution is -2.28. The van der Waals surface area contributed by atoms with E-state index in [0.717, 1.165) is 16.3 Å². The van der Waals surface area contributed by atoms with E-state index in [4.69, 9.17) is 0 Å². The van der Waals surface area contributed by atoms with E-state index in [0.29, 0.717) is 0 Å². The lowest BCUT2D eigenvalue weighted by Gasteiger charge is -2.09. The molecule has 1 aromatic heterocycles. The van der Waals surface area contributed by atoms with Crippen molar-refractivity contribution in [2.75, 3.05) is 6.54 Å². The molecule has 0 atom stereocenters. The van der Waals surface area contributed by atoms with E-state index >= 15 is 0 Å². The number of benzene rings is 1. The molecule has 0 amide bonds. The van der Waals surface area contributed by atoms with Gasteiger partial charge in [0.2, 0.25) is 0 Å². The zero-order valence-corrected chi connectivity index (χ0v) is 8.96. The van der Waals surface area contributed by atoms with Crippen LogP contribution < -0.4 is 5.32 Å². The topological polar surface area (TPSA) is 24.9 Å². The Morgan fingerprint density at radius 1 is 1.12 bits per heavy atom. The number of nitrogens with one attached hydrogen (secondary N) is 1. The van der Waals surface area contributed by atoms with Gasteiger partial charge in [-0.3, -0.25) is 4.98 Å². The molecule has 0 radical (unpaired) electrons. The highest BCUT2D eigenvalue weighted by molar-refractivity contribution is 5.84. The van der Waals surface area contributed by atoms with Gasteiger partial charge in [-0.1, -0.05) is 24.3 Å². The number of alkyl halides is 3. The van der Waals surface area contributed by atoms with Gasteiger partial charge in [0.1, 0.15) is 0 Å². The summed E-state index contributed by atoms with van der Waals surface area (Å²) in [7, 11) is 0. The summed E-state index contributed by atoms with van der Waals surface area (Å²) in [4.78, 5) is 4.01. The summed E-state index contributed by atoms with van der Waals surface area (Å²) in [6, 6.07) is 7.49. The Morgan fingerprint density at radius 2 is 1.88 bits per heavy atom. The molecule has 17 heavy (non-hydrogen) atoms. The first-order valence-corrected chi connectivity index (χ1v) is 5.15. The molecule has 0 aliphatic heterocycles. The molecule has 2 aromatic rings. The first-order chi connectivity index (χ1) is 8.06. The second-order valence-electron chi connectivity index (χ2n) is 3.74. The SMILES string of the molecule is FC(F)(F)CNCc1cncc2ccccc12. The van der Waals surface area contributed by atoms with E-state index < -0.39 is 12.7 Å². The molecule has 1 aromatic carbocycles. The van der Waals surface area contributed by atoms with Crippen molar-refractivity contribution >= 4 is 10.8 Å². The van der Waals surface area contributed by atoms with Crippen LogP contribution in [0.4, 0.5) is 13.2 Å². The molecular weight excluding hydrogens is 229 g/mol. The summed E-state index contributed by atoms with van der Waals surface area (Å²) in [5.74, 6) is 0. The molecule has 0 bridgehead atoms. The summed E-state index contributed by atoms with van der Waals surface area (Å²) in [6.07, 6.45) is -0.897. The van der Waals surface area contributed by atoms with E-state index in [-0.39, 0.29) is 6.54 Å². The zero-order chi connectivity index (χ0) is 12.3. The minimum atomic E-state index is -4.18. The summed E-state index contributed by atoms with van der Waals surface area (Å²) >= 11 is 0. The predicted molar refractivity (Wildman–Crippen MR) is 59.5 cm³/mol. The third kappa shape index (κ3) is 3.17. The number of fused-ring (bicyclic) bond motifs is 1. The van der Waals surface area contributed by atoms with Crippen molar-refractivity contribution in [2.24, 2.45) is 0 Å². The number of halogens is 3. The first kappa shape index (κ1) is 11.9. The van der Waals surface area contributed by atoms with Crippen molar-refractivity contribution in [3.63, 3.8) is 0 Å². The largest absolute Gasteiger partial charge is 0.401 e. The fourth-order valence-electron chi connectivity index (χ4n) is 1.66. The van der Waals surface area contributed by atoms with Gasteiger partial charge in [0, 0.05) is 24.3 Å². The van der Waals surface area contributed by atoms with Crippen LogP contribution in [0.15, 0.2) is 36.7 Å². The summed E-state index contributed by atoms with van der Waals surface area (Å²) in [5.41, 5.74) is 0.771. The third-order valence-electron chi connectivity index (χ3n) is 2.39. The molecule has 0 unspecified atom stereocenters. The molecule has 2 rings (SSSR count). The van der Waals surface area contributed by atoms with E-state index in [2.05, 4.69) is 10.3 Å². The van der Waals surface area contributed by atoms with Crippen molar-refractivity contribution < 1.29 is 13.2 Å². The van der Waals surface area contributed by atoms with Gasteiger partial charge < -0.3 is 5.32 Å². The Kier molecular flexibility index (Phi) is 3.28.